The molecule has 0 radical (unpaired) electrons. The molecule has 5 N–H and O–H groups in total. The van der Waals surface area contributed by atoms with Crippen LogP contribution in [0.4, 0.5) is 5.69 Å². The van der Waals surface area contributed by atoms with E-state index in [4.69, 9.17) is 27.9 Å². The first kappa shape index (κ1) is 14.5. The minimum Gasteiger partial charge on any atom is -0.399 e. The van der Waals surface area contributed by atoms with Gasteiger partial charge in [-0.05, 0) is 31.0 Å². The van der Waals surface area contributed by atoms with E-state index in [1.54, 1.807) is 23.9 Å². The summed E-state index contributed by atoms with van der Waals surface area (Å²) in [5.41, 5.74) is 8.51. The second kappa shape index (κ2) is 6.47. The molecule has 104 valence electrons. The Morgan fingerprint density at radius 1 is 1.53 bits per heavy atom. The molecule has 0 aliphatic carbocycles. The van der Waals surface area contributed by atoms with E-state index in [-0.39, 0.29) is 12.0 Å². The van der Waals surface area contributed by atoms with Crippen LogP contribution in [-0.4, -0.2) is 23.9 Å². The van der Waals surface area contributed by atoms with Crippen LogP contribution >= 0.6 is 23.4 Å². The molecule has 2 unspecified atom stereocenters. The molecule has 7 heteroatoms. The summed E-state index contributed by atoms with van der Waals surface area (Å²) < 4.78 is 5.62. The normalized spacial score (nSPS) is 22.4. The van der Waals surface area contributed by atoms with E-state index in [9.17, 15) is 4.79 Å². The Kier molecular flexibility index (Phi) is 4.93. The maximum absolute atomic E-state index is 11.3. The number of rotatable bonds is 4. The number of amides is 1. The van der Waals surface area contributed by atoms with Crippen LogP contribution < -0.4 is 17.0 Å². The number of nitrogens with two attached hydrogens (primary N) is 2. The van der Waals surface area contributed by atoms with Crippen LogP contribution in [0.5, 0.6) is 0 Å². The maximum Gasteiger partial charge on any atom is 0.263 e. The van der Waals surface area contributed by atoms with Gasteiger partial charge in [0, 0.05) is 16.3 Å². The number of ether oxygens (including phenoxy) is 1. The van der Waals surface area contributed by atoms with Crippen molar-refractivity contribution in [2.24, 2.45) is 5.84 Å². The summed E-state index contributed by atoms with van der Waals surface area (Å²) in [4.78, 5) is 12.3. The van der Waals surface area contributed by atoms with Crippen LogP contribution in [0, 0.1) is 0 Å². The number of nitrogens with one attached hydrogen (secondary N) is 1. The smallest absolute Gasteiger partial charge is 0.263 e. The Bertz CT molecular complexity index is 472. The molecule has 1 aromatic carbocycles. The quantitative estimate of drug-likeness (QED) is 0.258. The molecule has 19 heavy (non-hydrogen) atoms. The summed E-state index contributed by atoms with van der Waals surface area (Å²) in [6.07, 6.45) is 1.13. The first-order valence-electron chi connectivity index (χ1n) is 5.94. The van der Waals surface area contributed by atoms with Gasteiger partial charge in [0.2, 0.25) is 0 Å². The molecule has 1 fully saturated rings. The van der Waals surface area contributed by atoms with E-state index in [0.29, 0.717) is 17.1 Å². The molecule has 0 spiro atoms. The average Bonchev–Trinajstić information content (AvgIpc) is 2.88. The van der Waals surface area contributed by atoms with E-state index in [0.717, 1.165) is 17.1 Å². The van der Waals surface area contributed by atoms with Crippen LogP contribution in [0.2, 0.25) is 5.02 Å². The molecule has 1 aliphatic rings. The third kappa shape index (κ3) is 3.76. The predicted molar refractivity (Wildman–Crippen MR) is 76.8 cm³/mol. The first-order valence-corrected chi connectivity index (χ1v) is 7.30. The lowest BCUT2D eigenvalue weighted by Gasteiger charge is -2.13. The highest BCUT2D eigenvalue weighted by molar-refractivity contribution is 7.99. The molecule has 1 heterocycles. The zero-order valence-electron chi connectivity index (χ0n) is 10.3. The summed E-state index contributed by atoms with van der Waals surface area (Å²) in [6.45, 7) is 0. The number of carbonyl (C=O) groups excluding carboxylic acids is 1. The summed E-state index contributed by atoms with van der Waals surface area (Å²) in [5, 5.41) is 0.674. The second-order valence-corrected chi connectivity index (χ2v) is 5.80. The summed E-state index contributed by atoms with van der Waals surface area (Å²) in [7, 11) is 0. The number of hydrazine groups is 1. The number of anilines is 1. The highest BCUT2D eigenvalue weighted by atomic mass is 35.5. The monoisotopic (exact) mass is 301 g/mol. The molecule has 1 aromatic rings. The van der Waals surface area contributed by atoms with Crippen LogP contribution in [0.15, 0.2) is 23.1 Å². The predicted octanol–water partition coefficient (Wildman–Crippen LogP) is 1.55. The van der Waals surface area contributed by atoms with E-state index >= 15 is 0 Å². The van der Waals surface area contributed by atoms with Gasteiger partial charge in [-0.25, -0.2) is 5.84 Å². The fourth-order valence-electron chi connectivity index (χ4n) is 1.93. The largest absolute Gasteiger partial charge is 0.399 e. The number of benzene rings is 1. The highest BCUT2D eigenvalue weighted by Crippen LogP contribution is 2.32. The minimum atomic E-state index is -0.438. The topological polar surface area (TPSA) is 90.4 Å². The van der Waals surface area contributed by atoms with Crippen LogP contribution in [-0.2, 0) is 9.53 Å². The van der Waals surface area contributed by atoms with Crippen molar-refractivity contribution in [3.63, 3.8) is 0 Å². The zero-order chi connectivity index (χ0) is 13.8. The number of halogens is 1. The molecule has 1 amide bonds. The lowest BCUT2D eigenvalue weighted by molar-refractivity contribution is -0.131. The number of thioether (sulfide) groups is 1. The summed E-state index contributed by atoms with van der Waals surface area (Å²) >= 11 is 7.67. The molecule has 2 atom stereocenters. The number of hydrogen-bond donors (Lipinski definition) is 3. The standard InChI is InChI=1S/C12H16ClN3O2S/c13-9-3-1-7(14)5-11(9)19-6-8-2-4-10(18-8)12(17)16-15/h1,3,5,8,10H,2,4,6,14-15H2,(H,16,17). The molecule has 2 rings (SSSR count). The van der Waals surface area contributed by atoms with Gasteiger partial charge in [-0.3, -0.25) is 10.2 Å². The van der Waals surface area contributed by atoms with Crippen molar-refractivity contribution in [1.29, 1.82) is 0 Å². The molecule has 5 nitrogen and oxygen atoms in total. The van der Waals surface area contributed by atoms with Crippen molar-refractivity contribution in [2.45, 2.75) is 29.9 Å². The Hall–Kier alpha value is -0.950. The molecule has 1 saturated heterocycles. The van der Waals surface area contributed by atoms with Crippen LogP contribution in [0.25, 0.3) is 0 Å². The van der Waals surface area contributed by atoms with Gasteiger partial charge in [0.25, 0.3) is 5.91 Å². The highest BCUT2D eigenvalue weighted by Gasteiger charge is 2.30. The van der Waals surface area contributed by atoms with Crippen molar-refractivity contribution in [3.05, 3.63) is 23.2 Å². The lowest BCUT2D eigenvalue weighted by atomic mass is 10.2. The van der Waals surface area contributed by atoms with E-state index < -0.39 is 6.10 Å². The molecule has 0 saturated carbocycles. The summed E-state index contributed by atoms with van der Waals surface area (Å²) in [6, 6.07) is 5.38. The molecular weight excluding hydrogens is 286 g/mol. The summed E-state index contributed by atoms with van der Waals surface area (Å²) in [5.74, 6) is 5.55. The molecule has 1 aliphatic heterocycles. The first-order chi connectivity index (χ1) is 9.10. The van der Waals surface area contributed by atoms with Crippen molar-refractivity contribution in [2.75, 3.05) is 11.5 Å². The van der Waals surface area contributed by atoms with Gasteiger partial charge >= 0.3 is 0 Å². The maximum atomic E-state index is 11.3. The number of carbonyl (C=O) groups is 1. The van der Waals surface area contributed by atoms with Crippen LogP contribution in [0.1, 0.15) is 12.8 Å². The van der Waals surface area contributed by atoms with Crippen molar-refractivity contribution < 1.29 is 9.53 Å². The number of hydrogen-bond acceptors (Lipinski definition) is 5. The van der Waals surface area contributed by atoms with Gasteiger partial charge < -0.3 is 10.5 Å². The van der Waals surface area contributed by atoms with Crippen molar-refractivity contribution in [3.8, 4) is 0 Å². The van der Waals surface area contributed by atoms with E-state index in [2.05, 4.69) is 5.43 Å². The Balaban J connectivity index is 1.87. The SMILES string of the molecule is NNC(=O)C1CCC(CSc2cc(N)ccc2Cl)O1. The van der Waals surface area contributed by atoms with Crippen molar-refractivity contribution in [1.82, 2.24) is 5.43 Å². The average molecular weight is 302 g/mol. The van der Waals surface area contributed by atoms with Crippen molar-refractivity contribution >= 4 is 35.0 Å². The van der Waals surface area contributed by atoms with Crippen LogP contribution in [0.3, 0.4) is 0 Å². The van der Waals surface area contributed by atoms with E-state index in [1.165, 1.54) is 0 Å². The lowest BCUT2D eigenvalue weighted by Crippen LogP contribution is -2.39. The third-order valence-corrected chi connectivity index (χ3v) is 4.55. The fourth-order valence-corrected chi connectivity index (χ4v) is 3.24. The van der Waals surface area contributed by atoms with Gasteiger partial charge in [-0.2, -0.15) is 0 Å². The molecular formula is C12H16ClN3O2S. The van der Waals surface area contributed by atoms with E-state index in [1.807, 2.05) is 6.07 Å². The van der Waals surface area contributed by atoms with Gasteiger partial charge in [-0.1, -0.05) is 11.6 Å². The van der Waals surface area contributed by atoms with Gasteiger partial charge in [0.15, 0.2) is 0 Å². The van der Waals surface area contributed by atoms with Gasteiger partial charge in [0.1, 0.15) is 6.10 Å². The Morgan fingerprint density at radius 3 is 3.05 bits per heavy atom. The Morgan fingerprint density at radius 2 is 2.32 bits per heavy atom. The third-order valence-electron chi connectivity index (χ3n) is 2.92. The zero-order valence-corrected chi connectivity index (χ0v) is 11.8. The molecule has 0 bridgehead atoms. The fraction of sp³-hybridized carbons (Fsp3) is 0.417. The van der Waals surface area contributed by atoms with Gasteiger partial charge in [-0.15, -0.1) is 11.8 Å². The number of nitrogen functional groups attached to an aromatic ring is 1. The Labute approximate surface area is 121 Å². The van der Waals surface area contributed by atoms with Gasteiger partial charge in [0.05, 0.1) is 11.1 Å². The minimum absolute atomic E-state index is 0.0322. The second-order valence-electron chi connectivity index (χ2n) is 4.33. The molecule has 0 aromatic heterocycles.